The molecule has 1 heterocycles. The summed E-state index contributed by atoms with van der Waals surface area (Å²) in [5.41, 5.74) is 5.48. The predicted molar refractivity (Wildman–Crippen MR) is 73.8 cm³/mol. The highest BCUT2D eigenvalue weighted by molar-refractivity contribution is 7.80. The van der Waals surface area contributed by atoms with Gasteiger partial charge in [0.25, 0.3) is 0 Å². The van der Waals surface area contributed by atoms with Crippen molar-refractivity contribution in [2.45, 2.75) is 39.2 Å². The molecule has 0 aliphatic carbocycles. The SMILES string of the molecule is CCN1CCN(CCCCC(N)=S)CC1C. The summed E-state index contributed by atoms with van der Waals surface area (Å²) < 4.78 is 0. The molecule has 0 radical (unpaired) electrons. The second-order valence-electron chi connectivity index (χ2n) is 4.70. The molecule has 1 fully saturated rings. The quantitative estimate of drug-likeness (QED) is 0.566. The van der Waals surface area contributed by atoms with E-state index in [9.17, 15) is 0 Å². The average molecular weight is 243 g/mol. The van der Waals surface area contributed by atoms with Gasteiger partial charge >= 0.3 is 0 Å². The normalized spacial score (nSPS) is 23.5. The average Bonchev–Trinajstić information content (AvgIpc) is 2.24. The minimum absolute atomic E-state index is 0.657. The minimum Gasteiger partial charge on any atom is -0.393 e. The van der Waals surface area contributed by atoms with E-state index in [1.165, 1.54) is 39.1 Å². The van der Waals surface area contributed by atoms with E-state index in [1.807, 2.05) is 0 Å². The van der Waals surface area contributed by atoms with Crippen LogP contribution >= 0.6 is 12.2 Å². The Morgan fingerprint density at radius 3 is 2.69 bits per heavy atom. The van der Waals surface area contributed by atoms with Gasteiger partial charge in [-0.2, -0.15) is 0 Å². The first-order valence-electron chi connectivity index (χ1n) is 6.38. The summed E-state index contributed by atoms with van der Waals surface area (Å²) in [6, 6.07) is 0.703. The molecular formula is C12H25N3S. The zero-order chi connectivity index (χ0) is 12.0. The lowest BCUT2D eigenvalue weighted by atomic mass is 10.1. The fourth-order valence-corrected chi connectivity index (χ4v) is 2.52. The van der Waals surface area contributed by atoms with E-state index in [2.05, 4.69) is 23.6 Å². The maximum atomic E-state index is 5.48. The summed E-state index contributed by atoms with van der Waals surface area (Å²) in [4.78, 5) is 5.77. The standard InChI is InChI=1S/C12H25N3S/c1-3-15-9-8-14(10-11(15)2)7-5-4-6-12(13)16/h11H,3-10H2,1-2H3,(H2,13,16). The van der Waals surface area contributed by atoms with Gasteiger partial charge in [-0.05, 0) is 39.3 Å². The molecule has 2 N–H and O–H groups in total. The Balaban J connectivity index is 2.13. The molecular weight excluding hydrogens is 218 g/mol. The molecule has 3 nitrogen and oxygen atoms in total. The first-order chi connectivity index (χ1) is 7.63. The van der Waals surface area contributed by atoms with Gasteiger partial charge in [0, 0.05) is 25.7 Å². The number of nitrogens with two attached hydrogens (primary N) is 1. The molecule has 1 rings (SSSR count). The number of hydrogen-bond donors (Lipinski definition) is 1. The number of likely N-dealkylation sites (N-methyl/N-ethyl adjacent to an activating group) is 1. The molecule has 1 aliphatic heterocycles. The van der Waals surface area contributed by atoms with E-state index in [0.717, 1.165) is 12.8 Å². The van der Waals surface area contributed by atoms with Crippen LogP contribution in [0.3, 0.4) is 0 Å². The largest absolute Gasteiger partial charge is 0.393 e. The molecule has 0 spiro atoms. The molecule has 94 valence electrons. The first kappa shape index (κ1) is 13.9. The lowest BCUT2D eigenvalue weighted by molar-refractivity contribution is 0.0871. The number of piperazine rings is 1. The van der Waals surface area contributed by atoms with Gasteiger partial charge in [0.2, 0.25) is 0 Å². The molecule has 0 aromatic heterocycles. The zero-order valence-corrected chi connectivity index (χ0v) is 11.4. The third-order valence-corrected chi connectivity index (χ3v) is 3.61. The Morgan fingerprint density at radius 1 is 1.38 bits per heavy atom. The smallest absolute Gasteiger partial charge is 0.0727 e. The summed E-state index contributed by atoms with van der Waals surface area (Å²) in [6.07, 6.45) is 3.26. The summed E-state index contributed by atoms with van der Waals surface area (Å²) in [5, 5.41) is 0. The van der Waals surface area contributed by atoms with Crippen LogP contribution in [-0.2, 0) is 0 Å². The van der Waals surface area contributed by atoms with Gasteiger partial charge in [0.15, 0.2) is 0 Å². The first-order valence-corrected chi connectivity index (χ1v) is 6.79. The van der Waals surface area contributed by atoms with Crippen LogP contribution < -0.4 is 5.73 Å². The van der Waals surface area contributed by atoms with Crippen LogP contribution in [0.15, 0.2) is 0 Å². The lowest BCUT2D eigenvalue weighted by Gasteiger charge is -2.39. The van der Waals surface area contributed by atoms with E-state index in [4.69, 9.17) is 18.0 Å². The second-order valence-corrected chi connectivity index (χ2v) is 5.23. The van der Waals surface area contributed by atoms with Crippen molar-refractivity contribution in [1.82, 2.24) is 9.80 Å². The van der Waals surface area contributed by atoms with Crippen LogP contribution in [0.25, 0.3) is 0 Å². The van der Waals surface area contributed by atoms with Crippen LogP contribution in [0.1, 0.15) is 33.1 Å². The fraction of sp³-hybridized carbons (Fsp3) is 0.917. The molecule has 0 amide bonds. The zero-order valence-electron chi connectivity index (χ0n) is 10.6. The van der Waals surface area contributed by atoms with Gasteiger partial charge < -0.3 is 10.6 Å². The van der Waals surface area contributed by atoms with Crippen molar-refractivity contribution >= 4 is 17.2 Å². The van der Waals surface area contributed by atoms with Crippen LogP contribution in [0.4, 0.5) is 0 Å². The van der Waals surface area contributed by atoms with Crippen LogP contribution in [0.5, 0.6) is 0 Å². The molecule has 1 atom stereocenters. The number of nitrogens with zero attached hydrogens (tertiary/aromatic N) is 2. The van der Waals surface area contributed by atoms with Crippen LogP contribution in [0, 0.1) is 0 Å². The lowest BCUT2D eigenvalue weighted by Crippen LogP contribution is -2.51. The van der Waals surface area contributed by atoms with Crippen molar-refractivity contribution in [3.05, 3.63) is 0 Å². The van der Waals surface area contributed by atoms with Crippen molar-refractivity contribution in [2.75, 3.05) is 32.7 Å². The monoisotopic (exact) mass is 243 g/mol. The van der Waals surface area contributed by atoms with Crippen molar-refractivity contribution < 1.29 is 0 Å². The van der Waals surface area contributed by atoms with Crippen LogP contribution in [-0.4, -0.2) is 53.6 Å². The summed E-state index contributed by atoms with van der Waals surface area (Å²) in [5.74, 6) is 0. The highest BCUT2D eigenvalue weighted by Gasteiger charge is 2.21. The Hall–Kier alpha value is -0.190. The summed E-state index contributed by atoms with van der Waals surface area (Å²) >= 11 is 4.87. The minimum atomic E-state index is 0.657. The van der Waals surface area contributed by atoms with Gasteiger partial charge in [0.05, 0.1) is 4.99 Å². The number of hydrogen-bond acceptors (Lipinski definition) is 3. The highest BCUT2D eigenvalue weighted by Crippen LogP contribution is 2.10. The maximum absolute atomic E-state index is 5.48. The van der Waals surface area contributed by atoms with Gasteiger partial charge in [-0.1, -0.05) is 19.1 Å². The van der Waals surface area contributed by atoms with Crippen molar-refractivity contribution in [2.24, 2.45) is 5.73 Å². The van der Waals surface area contributed by atoms with Gasteiger partial charge in [-0.3, -0.25) is 4.90 Å². The van der Waals surface area contributed by atoms with Gasteiger partial charge in [0.1, 0.15) is 0 Å². The van der Waals surface area contributed by atoms with Crippen molar-refractivity contribution in [3.63, 3.8) is 0 Å². The molecule has 1 unspecified atom stereocenters. The number of thiocarbonyl (C=S) groups is 1. The summed E-state index contributed by atoms with van der Waals surface area (Å²) in [6.45, 7) is 10.6. The predicted octanol–water partition coefficient (Wildman–Crippen LogP) is 1.47. The van der Waals surface area contributed by atoms with Gasteiger partial charge in [-0.15, -0.1) is 0 Å². The van der Waals surface area contributed by atoms with E-state index >= 15 is 0 Å². The second kappa shape index (κ2) is 7.20. The Labute approximate surface area is 105 Å². The maximum Gasteiger partial charge on any atom is 0.0727 e. The van der Waals surface area contributed by atoms with E-state index in [-0.39, 0.29) is 0 Å². The van der Waals surface area contributed by atoms with E-state index in [1.54, 1.807) is 0 Å². The van der Waals surface area contributed by atoms with Gasteiger partial charge in [-0.25, -0.2) is 0 Å². The van der Waals surface area contributed by atoms with E-state index in [0.29, 0.717) is 11.0 Å². The third kappa shape index (κ3) is 4.76. The molecule has 1 saturated heterocycles. The molecule has 16 heavy (non-hydrogen) atoms. The molecule has 0 saturated carbocycles. The highest BCUT2D eigenvalue weighted by atomic mass is 32.1. The topological polar surface area (TPSA) is 32.5 Å². The Kier molecular flexibility index (Phi) is 6.24. The number of rotatable bonds is 6. The molecule has 0 aromatic rings. The fourth-order valence-electron chi connectivity index (χ4n) is 2.38. The molecule has 1 aliphatic rings. The Bertz CT molecular complexity index is 220. The molecule has 0 bridgehead atoms. The number of unbranched alkanes of at least 4 members (excludes halogenated alkanes) is 1. The summed E-state index contributed by atoms with van der Waals surface area (Å²) in [7, 11) is 0. The molecule has 4 heteroatoms. The van der Waals surface area contributed by atoms with Crippen LogP contribution in [0.2, 0.25) is 0 Å². The Morgan fingerprint density at radius 2 is 2.12 bits per heavy atom. The third-order valence-electron chi connectivity index (χ3n) is 3.40. The van der Waals surface area contributed by atoms with E-state index < -0.39 is 0 Å². The van der Waals surface area contributed by atoms with Crippen molar-refractivity contribution in [3.8, 4) is 0 Å². The van der Waals surface area contributed by atoms with Crippen molar-refractivity contribution in [1.29, 1.82) is 0 Å². The molecule has 0 aromatic carbocycles.